The number of ether oxygens (including phenoxy) is 1. The van der Waals surface area contributed by atoms with Crippen LogP contribution < -0.4 is 10.2 Å². The average Bonchev–Trinajstić information content (AvgIpc) is 2.38. The molecule has 0 saturated heterocycles. The van der Waals surface area contributed by atoms with Gasteiger partial charge in [-0.1, -0.05) is 0 Å². The molecule has 0 fully saturated rings. The first-order chi connectivity index (χ1) is 8.52. The maximum atomic E-state index is 13.8. The lowest BCUT2D eigenvalue weighted by Gasteiger charge is -2.20. The lowest BCUT2D eigenvalue weighted by Crippen LogP contribution is -2.28. The summed E-state index contributed by atoms with van der Waals surface area (Å²) in [7, 11) is 4.53. The molecular weight excluding hydrogens is 242 g/mol. The zero-order valence-electron chi connectivity index (χ0n) is 10.6. The molecule has 100 valence electrons. The van der Waals surface area contributed by atoms with E-state index >= 15 is 0 Å². The number of benzene rings is 1. The summed E-state index contributed by atoms with van der Waals surface area (Å²) < 4.78 is 31.8. The van der Waals surface area contributed by atoms with Crippen molar-refractivity contribution in [3.8, 4) is 0 Å². The maximum absolute atomic E-state index is 13.8. The van der Waals surface area contributed by atoms with Crippen LogP contribution in [0.2, 0.25) is 0 Å². The van der Waals surface area contributed by atoms with Gasteiger partial charge in [0.2, 0.25) is 0 Å². The molecule has 1 aromatic carbocycles. The highest BCUT2D eigenvalue weighted by atomic mass is 19.2. The smallest absolute Gasteiger partial charge is 0.340 e. The van der Waals surface area contributed by atoms with E-state index in [2.05, 4.69) is 10.1 Å². The van der Waals surface area contributed by atoms with Crippen LogP contribution in [0.1, 0.15) is 10.4 Å². The van der Waals surface area contributed by atoms with Gasteiger partial charge in [0, 0.05) is 20.1 Å². The summed E-state index contributed by atoms with van der Waals surface area (Å²) in [6.07, 6.45) is 0. The van der Waals surface area contributed by atoms with Gasteiger partial charge in [-0.05, 0) is 19.2 Å². The largest absolute Gasteiger partial charge is 0.465 e. The fraction of sp³-hybridized carbons (Fsp3) is 0.417. The van der Waals surface area contributed by atoms with Gasteiger partial charge in [-0.2, -0.15) is 0 Å². The lowest BCUT2D eigenvalue weighted by atomic mass is 10.1. The van der Waals surface area contributed by atoms with Crippen LogP contribution >= 0.6 is 0 Å². The molecule has 0 saturated carbocycles. The van der Waals surface area contributed by atoms with Crippen molar-refractivity contribution in [1.29, 1.82) is 0 Å². The molecule has 4 nitrogen and oxygen atoms in total. The topological polar surface area (TPSA) is 41.6 Å². The lowest BCUT2D eigenvalue weighted by molar-refractivity contribution is 0.0594. The highest BCUT2D eigenvalue weighted by molar-refractivity contribution is 5.90. The molecule has 0 amide bonds. The number of nitrogens with zero attached hydrogens (tertiary/aromatic N) is 1. The van der Waals surface area contributed by atoms with E-state index in [0.717, 1.165) is 7.11 Å². The predicted octanol–water partition coefficient (Wildman–Crippen LogP) is 1.41. The second-order valence-electron chi connectivity index (χ2n) is 3.78. The zero-order chi connectivity index (χ0) is 13.7. The second kappa shape index (κ2) is 6.30. The van der Waals surface area contributed by atoms with Gasteiger partial charge >= 0.3 is 5.97 Å². The van der Waals surface area contributed by atoms with Crippen molar-refractivity contribution in [2.75, 3.05) is 39.2 Å². The zero-order valence-corrected chi connectivity index (χ0v) is 10.6. The normalized spacial score (nSPS) is 10.3. The molecule has 0 radical (unpaired) electrons. The molecule has 1 aromatic rings. The Balaban J connectivity index is 3.04. The number of halogens is 2. The van der Waals surface area contributed by atoms with Gasteiger partial charge in [-0.25, -0.2) is 13.6 Å². The van der Waals surface area contributed by atoms with E-state index in [-0.39, 0.29) is 5.69 Å². The minimum absolute atomic E-state index is 0.107. The molecule has 0 aliphatic carbocycles. The molecule has 18 heavy (non-hydrogen) atoms. The summed E-state index contributed by atoms with van der Waals surface area (Å²) in [5.41, 5.74) is -0.295. The molecular formula is C12H16F2N2O2. The van der Waals surface area contributed by atoms with Gasteiger partial charge in [0.25, 0.3) is 0 Å². The molecule has 0 atom stereocenters. The Morgan fingerprint density at radius 1 is 1.39 bits per heavy atom. The minimum Gasteiger partial charge on any atom is -0.465 e. The summed E-state index contributed by atoms with van der Waals surface area (Å²) in [6, 6.07) is 2.58. The van der Waals surface area contributed by atoms with Gasteiger partial charge in [0.1, 0.15) is 0 Å². The van der Waals surface area contributed by atoms with E-state index in [4.69, 9.17) is 0 Å². The van der Waals surface area contributed by atoms with Crippen LogP contribution in [-0.4, -0.2) is 40.3 Å². The Morgan fingerprint density at radius 2 is 2.06 bits per heavy atom. The number of anilines is 1. The number of likely N-dealkylation sites (N-methyl/N-ethyl adjacent to an activating group) is 2. The van der Waals surface area contributed by atoms with Crippen LogP contribution in [0.3, 0.4) is 0 Å². The van der Waals surface area contributed by atoms with Crippen LogP contribution in [-0.2, 0) is 4.74 Å². The third kappa shape index (κ3) is 2.95. The third-order valence-electron chi connectivity index (χ3n) is 2.58. The minimum atomic E-state index is -1.18. The molecule has 0 unspecified atom stereocenters. The maximum Gasteiger partial charge on any atom is 0.340 e. The van der Waals surface area contributed by atoms with Crippen LogP contribution in [0.25, 0.3) is 0 Å². The fourth-order valence-corrected chi connectivity index (χ4v) is 1.50. The molecule has 1 N–H and O–H groups in total. The second-order valence-corrected chi connectivity index (χ2v) is 3.78. The van der Waals surface area contributed by atoms with Crippen molar-refractivity contribution in [2.24, 2.45) is 0 Å². The first-order valence-corrected chi connectivity index (χ1v) is 5.45. The standard InChI is InChI=1S/C12H16F2N2O2/c1-15-6-7-16(2)9-5-4-8(12(17)18-3)10(13)11(9)14/h4-5,15H,6-7H2,1-3H3. The molecule has 6 heteroatoms. The number of methoxy groups -OCH3 is 1. The molecule has 0 spiro atoms. The fourth-order valence-electron chi connectivity index (χ4n) is 1.50. The van der Waals surface area contributed by atoms with Crippen LogP contribution in [0, 0.1) is 11.6 Å². The summed E-state index contributed by atoms with van der Waals surface area (Å²) in [6.45, 7) is 1.15. The first kappa shape index (κ1) is 14.4. The van der Waals surface area contributed by atoms with Gasteiger partial charge in [0.05, 0.1) is 18.4 Å². The Labute approximate surface area is 105 Å². The summed E-state index contributed by atoms with van der Waals surface area (Å²) in [5.74, 6) is -3.12. The number of hydrogen-bond acceptors (Lipinski definition) is 4. The van der Waals surface area contributed by atoms with E-state index in [1.807, 2.05) is 0 Å². The predicted molar refractivity (Wildman–Crippen MR) is 64.9 cm³/mol. The molecule has 0 aliphatic heterocycles. The van der Waals surface area contributed by atoms with Crippen LogP contribution in [0.15, 0.2) is 12.1 Å². The number of hydrogen-bond donors (Lipinski definition) is 1. The van der Waals surface area contributed by atoms with Gasteiger partial charge in [-0.15, -0.1) is 0 Å². The number of carbonyl (C=O) groups excluding carboxylic acids is 1. The third-order valence-corrected chi connectivity index (χ3v) is 2.58. The van der Waals surface area contributed by atoms with Crippen molar-refractivity contribution in [2.45, 2.75) is 0 Å². The number of rotatable bonds is 5. The van der Waals surface area contributed by atoms with Crippen LogP contribution in [0.5, 0.6) is 0 Å². The molecule has 1 rings (SSSR count). The molecule has 0 heterocycles. The summed E-state index contributed by atoms with van der Waals surface area (Å²) in [5, 5.41) is 2.91. The van der Waals surface area contributed by atoms with E-state index in [1.54, 1.807) is 19.0 Å². The Kier molecular flexibility index (Phi) is 5.03. The Morgan fingerprint density at radius 3 is 2.61 bits per heavy atom. The van der Waals surface area contributed by atoms with E-state index in [9.17, 15) is 13.6 Å². The van der Waals surface area contributed by atoms with Crippen molar-refractivity contribution in [3.05, 3.63) is 29.3 Å². The van der Waals surface area contributed by atoms with Gasteiger partial charge in [0.15, 0.2) is 11.6 Å². The van der Waals surface area contributed by atoms with Crippen LogP contribution in [0.4, 0.5) is 14.5 Å². The highest BCUT2D eigenvalue weighted by Crippen LogP contribution is 2.23. The molecule has 0 bridgehead atoms. The van der Waals surface area contributed by atoms with E-state index < -0.39 is 23.2 Å². The average molecular weight is 258 g/mol. The van der Waals surface area contributed by atoms with E-state index in [1.165, 1.54) is 12.1 Å². The SMILES string of the molecule is CNCCN(C)c1ccc(C(=O)OC)c(F)c1F. The quantitative estimate of drug-likeness (QED) is 0.811. The highest BCUT2D eigenvalue weighted by Gasteiger charge is 2.20. The Bertz CT molecular complexity index is 438. The van der Waals surface area contributed by atoms with Crippen molar-refractivity contribution >= 4 is 11.7 Å². The Hall–Kier alpha value is -1.69. The van der Waals surface area contributed by atoms with Gasteiger partial charge < -0.3 is 15.0 Å². The monoisotopic (exact) mass is 258 g/mol. The first-order valence-electron chi connectivity index (χ1n) is 5.45. The number of nitrogens with one attached hydrogen (secondary N) is 1. The van der Waals surface area contributed by atoms with Crippen molar-refractivity contribution < 1.29 is 18.3 Å². The van der Waals surface area contributed by atoms with Crippen molar-refractivity contribution in [3.63, 3.8) is 0 Å². The van der Waals surface area contributed by atoms with Crippen molar-refractivity contribution in [1.82, 2.24) is 5.32 Å². The van der Waals surface area contributed by atoms with Gasteiger partial charge in [-0.3, -0.25) is 0 Å². The van der Waals surface area contributed by atoms with E-state index in [0.29, 0.717) is 13.1 Å². The molecule has 0 aromatic heterocycles. The molecule has 0 aliphatic rings. The number of carbonyl (C=O) groups is 1. The summed E-state index contributed by atoms with van der Waals surface area (Å²) >= 11 is 0. The number of esters is 1. The summed E-state index contributed by atoms with van der Waals surface area (Å²) in [4.78, 5) is 12.8.